The zero-order valence-electron chi connectivity index (χ0n) is 41.8. The fourth-order valence-corrected chi connectivity index (χ4v) is 8.41. The van der Waals surface area contributed by atoms with Crippen molar-refractivity contribution in [3.63, 3.8) is 0 Å². The minimum Gasteiger partial charge on any atom is -0.394 e. The Bertz CT molecular complexity index is 1040. The second-order valence-corrected chi connectivity index (χ2v) is 18.9. The summed E-state index contributed by atoms with van der Waals surface area (Å²) in [4.78, 5) is 12.6. The van der Waals surface area contributed by atoms with Crippen molar-refractivity contribution in [1.82, 2.24) is 5.32 Å². The van der Waals surface area contributed by atoms with Crippen molar-refractivity contribution < 1.29 is 25.2 Å². The number of nitrogens with one attached hydrogen (secondary N) is 1. The Morgan fingerprint density at radius 1 is 0.397 bits per heavy atom. The van der Waals surface area contributed by atoms with E-state index in [9.17, 15) is 25.2 Å². The Balaban J connectivity index is 3.69. The number of unbranched alkanes of at least 4 members (excludes halogenated alkanes) is 34. The largest absolute Gasteiger partial charge is 0.394 e. The Kier molecular flexibility index (Phi) is 49.8. The monoisotopic (exact) mass is 886 g/mol. The molecule has 6 nitrogen and oxygen atoms in total. The van der Waals surface area contributed by atoms with Crippen molar-refractivity contribution in [3.8, 4) is 0 Å². The molecule has 0 aliphatic carbocycles. The number of allylic oxidation sites excluding steroid dienone is 8. The smallest absolute Gasteiger partial charge is 0.249 e. The Morgan fingerprint density at radius 3 is 1.13 bits per heavy atom. The molecule has 0 saturated heterocycles. The molecule has 0 aliphatic heterocycles. The van der Waals surface area contributed by atoms with Gasteiger partial charge in [0.1, 0.15) is 12.2 Å². The number of amides is 1. The first-order valence-corrected chi connectivity index (χ1v) is 27.5. The van der Waals surface area contributed by atoms with Crippen molar-refractivity contribution >= 4 is 5.91 Å². The van der Waals surface area contributed by atoms with Gasteiger partial charge in [-0.1, -0.05) is 249 Å². The first-order chi connectivity index (χ1) is 31.0. The standard InChI is InChI=1S/C57H107NO5/c1-3-5-7-9-11-13-15-17-19-21-23-24-25-26-27-28-29-30-31-32-33-35-36-38-40-42-44-46-48-50-54(60)56(62)53(52-59)58-57(63)55(61)51-49-47-45-43-41-39-37-34-22-20-18-16-14-12-10-8-6-4-2/h12,14,16,18,35-36,42,44,53-56,59-62H,3-11,13,15,17,19-34,37-41,43,45-52H2,1-2H3,(H,58,63)/b14-12-,18-16-,36-35+,44-42+. The van der Waals surface area contributed by atoms with E-state index >= 15 is 0 Å². The second kappa shape index (κ2) is 51.3. The van der Waals surface area contributed by atoms with Crippen LogP contribution in [0.5, 0.6) is 0 Å². The Hall–Kier alpha value is -1.73. The summed E-state index contributed by atoms with van der Waals surface area (Å²) in [5, 5.41) is 43.9. The SMILES string of the molecule is CCCCC/C=C\C=C/CCCCCCCCCCCC(O)C(=O)NC(CO)C(O)C(O)CCC/C=C/CC/C=C/CCCCCCCCCCCCCCCCCCCCCC. The first-order valence-electron chi connectivity index (χ1n) is 27.5. The lowest BCUT2D eigenvalue weighted by Crippen LogP contribution is -2.53. The van der Waals surface area contributed by atoms with Crippen molar-refractivity contribution in [2.24, 2.45) is 0 Å². The molecule has 0 spiro atoms. The number of rotatable bonds is 50. The lowest BCUT2D eigenvalue weighted by atomic mass is 10.00. The summed E-state index contributed by atoms with van der Waals surface area (Å²) in [6.45, 7) is 4.03. The van der Waals surface area contributed by atoms with E-state index in [1.807, 2.05) is 0 Å². The van der Waals surface area contributed by atoms with Crippen LogP contribution in [0.15, 0.2) is 48.6 Å². The summed E-state index contributed by atoms with van der Waals surface area (Å²) < 4.78 is 0. The highest BCUT2D eigenvalue weighted by molar-refractivity contribution is 5.80. The van der Waals surface area contributed by atoms with Crippen LogP contribution in [0.3, 0.4) is 0 Å². The molecule has 0 bridgehead atoms. The van der Waals surface area contributed by atoms with Gasteiger partial charge in [-0.05, 0) is 77.0 Å². The predicted molar refractivity (Wildman–Crippen MR) is 274 cm³/mol. The molecule has 370 valence electrons. The summed E-state index contributed by atoms with van der Waals surface area (Å²) >= 11 is 0. The van der Waals surface area contributed by atoms with Crippen molar-refractivity contribution in [2.45, 2.75) is 301 Å². The molecule has 63 heavy (non-hydrogen) atoms. The molecule has 4 atom stereocenters. The fourth-order valence-electron chi connectivity index (χ4n) is 8.41. The molecule has 6 heteroatoms. The Morgan fingerprint density at radius 2 is 0.714 bits per heavy atom. The van der Waals surface area contributed by atoms with Crippen LogP contribution in [-0.4, -0.2) is 57.3 Å². The second-order valence-electron chi connectivity index (χ2n) is 18.9. The van der Waals surface area contributed by atoms with Gasteiger partial charge in [0.05, 0.1) is 18.8 Å². The molecule has 4 unspecified atom stereocenters. The normalized spacial score (nSPS) is 14.2. The van der Waals surface area contributed by atoms with E-state index in [0.29, 0.717) is 19.3 Å². The average molecular weight is 886 g/mol. The maximum Gasteiger partial charge on any atom is 0.249 e. The van der Waals surface area contributed by atoms with Crippen LogP contribution in [0.4, 0.5) is 0 Å². The van der Waals surface area contributed by atoms with Crippen LogP contribution < -0.4 is 5.32 Å². The van der Waals surface area contributed by atoms with Gasteiger partial charge in [-0.25, -0.2) is 0 Å². The van der Waals surface area contributed by atoms with Crippen LogP contribution in [0, 0.1) is 0 Å². The predicted octanol–water partition coefficient (Wildman–Crippen LogP) is 15.8. The molecule has 1 amide bonds. The van der Waals surface area contributed by atoms with Crippen molar-refractivity contribution in [2.75, 3.05) is 6.61 Å². The molecule has 0 saturated carbocycles. The van der Waals surface area contributed by atoms with Gasteiger partial charge >= 0.3 is 0 Å². The quantitative estimate of drug-likeness (QED) is 0.0237. The van der Waals surface area contributed by atoms with E-state index < -0.39 is 36.9 Å². The highest BCUT2D eigenvalue weighted by Crippen LogP contribution is 2.17. The fraction of sp³-hybridized carbons (Fsp3) is 0.842. The number of hydrogen-bond donors (Lipinski definition) is 5. The van der Waals surface area contributed by atoms with Gasteiger partial charge in [0.2, 0.25) is 5.91 Å². The van der Waals surface area contributed by atoms with Gasteiger partial charge < -0.3 is 25.7 Å². The number of aliphatic hydroxyl groups excluding tert-OH is 4. The third-order valence-corrected chi connectivity index (χ3v) is 12.8. The number of carbonyl (C=O) groups is 1. The molecule has 0 aliphatic rings. The van der Waals surface area contributed by atoms with Gasteiger partial charge in [0.15, 0.2) is 0 Å². The summed E-state index contributed by atoms with van der Waals surface area (Å²) in [6, 6.07) is -1.01. The van der Waals surface area contributed by atoms with Crippen molar-refractivity contribution in [3.05, 3.63) is 48.6 Å². The lowest BCUT2D eigenvalue weighted by Gasteiger charge is -2.27. The van der Waals surface area contributed by atoms with Crippen LogP contribution in [0.25, 0.3) is 0 Å². The third-order valence-electron chi connectivity index (χ3n) is 12.8. The number of carbonyl (C=O) groups excluding carboxylic acids is 1. The van der Waals surface area contributed by atoms with Gasteiger partial charge in [0, 0.05) is 0 Å². The van der Waals surface area contributed by atoms with Gasteiger partial charge in [0.25, 0.3) is 0 Å². The van der Waals surface area contributed by atoms with Crippen LogP contribution in [-0.2, 0) is 4.79 Å². The minimum absolute atomic E-state index is 0.353. The van der Waals surface area contributed by atoms with Crippen LogP contribution >= 0.6 is 0 Å². The van der Waals surface area contributed by atoms with Gasteiger partial charge in [-0.3, -0.25) is 4.79 Å². The zero-order chi connectivity index (χ0) is 45.9. The maximum absolute atomic E-state index is 12.6. The molecule has 5 N–H and O–H groups in total. The zero-order valence-corrected chi connectivity index (χ0v) is 41.8. The van der Waals surface area contributed by atoms with Crippen molar-refractivity contribution in [1.29, 1.82) is 0 Å². The summed E-state index contributed by atoms with van der Waals surface area (Å²) in [5.41, 5.74) is 0. The minimum atomic E-state index is -1.29. The molecule has 0 heterocycles. The van der Waals surface area contributed by atoms with E-state index in [2.05, 4.69) is 67.8 Å². The molecule has 0 aromatic carbocycles. The van der Waals surface area contributed by atoms with E-state index in [1.165, 1.54) is 199 Å². The molecular formula is C57H107NO5. The first kappa shape index (κ1) is 61.3. The molecular weight excluding hydrogens is 779 g/mol. The maximum atomic E-state index is 12.6. The van der Waals surface area contributed by atoms with Crippen LogP contribution in [0.1, 0.15) is 277 Å². The lowest BCUT2D eigenvalue weighted by molar-refractivity contribution is -0.132. The average Bonchev–Trinajstić information content (AvgIpc) is 3.29. The third kappa shape index (κ3) is 45.2. The summed E-state index contributed by atoms with van der Waals surface area (Å²) in [7, 11) is 0. The molecule has 0 rings (SSSR count). The molecule has 0 aromatic heterocycles. The van der Waals surface area contributed by atoms with Crippen LogP contribution in [0.2, 0.25) is 0 Å². The van der Waals surface area contributed by atoms with E-state index in [4.69, 9.17) is 0 Å². The van der Waals surface area contributed by atoms with E-state index in [0.717, 1.165) is 44.9 Å². The van der Waals surface area contributed by atoms with E-state index in [-0.39, 0.29) is 0 Å². The molecule has 0 aromatic rings. The number of aliphatic hydroxyl groups is 4. The topological polar surface area (TPSA) is 110 Å². The molecule has 0 radical (unpaired) electrons. The highest BCUT2D eigenvalue weighted by Gasteiger charge is 2.28. The van der Waals surface area contributed by atoms with Gasteiger partial charge in [-0.2, -0.15) is 0 Å². The van der Waals surface area contributed by atoms with Gasteiger partial charge in [-0.15, -0.1) is 0 Å². The Labute approximate surface area is 391 Å². The number of hydrogen-bond acceptors (Lipinski definition) is 5. The van der Waals surface area contributed by atoms with E-state index in [1.54, 1.807) is 0 Å². The summed E-state index contributed by atoms with van der Waals surface area (Å²) in [6.07, 6.45) is 64.6. The highest BCUT2D eigenvalue weighted by atomic mass is 16.3. The summed E-state index contributed by atoms with van der Waals surface area (Å²) in [5.74, 6) is -0.601. The molecule has 0 fully saturated rings.